The zero-order valence-electron chi connectivity index (χ0n) is 19.0. The Balaban J connectivity index is 1.48. The first-order valence-electron chi connectivity index (χ1n) is 10.8. The number of aromatic nitrogens is 2. The summed E-state index contributed by atoms with van der Waals surface area (Å²) in [4.78, 5) is 28.8. The lowest BCUT2D eigenvalue weighted by Gasteiger charge is -2.11. The zero-order valence-corrected chi connectivity index (χ0v) is 19.8. The number of aromatic amines is 1. The van der Waals surface area contributed by atoms with Crippen molar-refractivity contribution in [2.24, 2.45) is 0 Å². The van der Waals surface area contributed by atoms with Gasteiger partial charge in [-0.25, -0.2) is 0 Å². The van der Waals surface area contributed by atoms with E-state index in [9.17, 15) is 9.59 Å². The molecule has 0 spiro atoms. The number of benzene rings is 3. The zero-order chi connectivity index (χ0) is 24.1. The van der Waals surface area contributed by atoms with E-state index in [1.165, 1.54) is 4.57 Å². The van der Waals surface area contributed by atoms with E-state index >= 15 is 0 Å². The van der Waals surface area contributed by atoms with Crippen LogP contribution in [0.5, 0.6) is 11.5 Å². The second-order valence-electron chi connectivity index (χ2n) is 7.76. The van der Waals surface area contributed by atoms with Crippen molar-refractivity contribution in [3.8, 4) is 11.5 Å². The molecule has 0 unspecified atom stereocenters. The monoisotopic (exact) mass is 475 g/mol. The lowest BCUT2D eigenvalue weighted by Crippen LogP contribution is -2.26. The number of nitrogens with zero attached hydrogens (tertiary/aromatic N) is 1. The highest BCUT2D eigenvalue weighted by Crippen LogP contribution is 2.27. The summed E-state index contributed by atoms with van der Waals surface area (Å²) in [5.74, 6) is 1.08. The SMILES string of the molecule is COc1ccc(CCNC(=O)c2ccc3c(=O)n(Cc4ccccc4)c(=S)[nH]c3c2)cc1OC. The molecule has 0 atom stereocenters. The van der Waals surface area contributed by atoms with Gasteiger partial charge in [0.1, 0.15) is 0 Å². The molecule has 174 valence electrons. The van der Waals surface area contributed by atoms with E-state index in [0.29, 0.717) is 52.2 Å². The quantitative estimate of drug-likeness (QED) is 0.375. The maximum Gasteiger partial charge on any atom is 0.262 e. The summed E-state index contributed by atoms with van der Waals surface area (Å²) in [7, 11) is 3.18. The highest BCUT2D eigenvalue weighted by Gasteiger charge is 2.11. The van der Waals surface area contributed by atoms with Gasteiger partial charge in [-0.15, -0.1) is 0 Å². The molecule has 3 aromatic carbocycles. The second-order valence-corrected chi connectivity index (χ2v) is 8.15. The van der Waals surface area contributed by atoms with E-state index in [2.05, 4.69) is 10.3 Å². The molecule has 0 saturated carbocycles. The van der Waals surface area contributed by atoms with Gasteiger partial charge in [-0.1, -0.05) is 36.4 Å². The average Bonchev–Trinajstić information content (AvgIpc) is 2.86. The fraction of sp³-hybridized carbons (Fsp3) is 0.192. The van der Waals surface area contributed by atoms with Crippen LogP contribution in [0, 0.1) is 4.77 Å². The number of carbonyl (C=O) groups is 1. The molecule has 8 heteroatoms. The summed E-state index contributed by atoms with van der Waals surface area (Å²) in [5, 5.41) is 3.40. The first kappa shape index (κ1) is 23.3. The van der Waals surface area contributed by atoms with Gasteiger partial charge >= 0.3 is 0 Å². The molecule has 0 radical (unpaired) electrons. The number of nitrogens with one attached hydrogen (secondary N) is 2. The van der Waals surface area contributed by atoms with Crippen LogP contribution in [0.25, 0.3) is 10.9 Å². The Labute approximate surface area is 202 Å². The Morgan fingerprint density at radius 1 is 0.971 bits per heavy atom. The van der Waals surface area contributed by atoms with Gasteiger partial charge < -0.3 is 19.8 Å². The van der Waals surface area contributed by atoms with Crippen LogP contribution < -0.4 is 20.3 Å². The number of ether oxygens (including phenoxy) is 2. The van der Waals surface area contributed by atoms with Crippen molar-refractivity contribution in [2.75, 3.05) is 20.8 Å². The number of methoxy groups -OCH3 is 2. The van der Waals surface area contributed by atoms with Crippen LogP contribution in [0.1, 0.15) is 21.5 Å². The molecule has 1 heterocycles. The van der Waals surface area contributed by atoms with E-state index in [4.69, 9.17) is 21.7 Å². The van der Waals surface area contributed by atoms with Crippen LogP contribution in [0.2, 0.25) is 0 Å². The van der Waals surface area contributed by atoms with E-state index in [1.54, 1.807) is 32.4 Å². The van der Waals surface area contributed by atoms with E-state index in [-0.39, 0.29) is 11.5 Å². The molecule has 4 rings (SSSR count). The molecule has 4 aromatic rings. The highest BCUT2D eigenvalue weighted by molar-refractivity contribution is 7.71. The molecule has 0 bridgehead atoms. The number of fused-ring (bicyclic) bond motifs is 1. The van der Waals surface area contributed by atoms with Crippen molar-refractivity contribution in [1.82, 2.24) is 14.9 Å². The molecule has 0 aliphatic carbocycles. The fourth-order valence-corrected chi connectivity index (χ4v) is 4.02. The lowest BCUT2D eigenvalue weighted by molar-refractivity contribution is 0.0954. The summed E-state index contributed by atoms with van der Waals surface area (Å²) in [6.07, 6.45) is 0.631. The maximum absolute atomic E-state index is 13.0. The number of amides is 1. The number of hydrogen-bond donors (Lipinski definition) is 2. The molecule has 0 saturated heterocycles. The van der Waals surface area contributed by atoms with Crippen LogP contribution in [0.15, 0.2) is 71.5 Å². The van der Waals surface area contributed by atoms with Crippen LogP contribution in [0.4, 0.5) is 0 Å². The lowest BCUT2D eigenvalue weighted by atomic mass is 10.1. The first-order chi connectivity index (χ1) is 16.5. The molecule has 7 nitrogen and oxygen atoms in total. The molecular weight excluding hydrogens is 450 g/mol. The van der Waals surface area contributed by atoms with Gasteiger partial charge in [-0.3, -0.25) is 14.2 Å². The normalized spacial score (nSPS) is 10.8. The van der Waals surface area contributed by atoms with Crippen LogP contribution >= 0.6 is 12.2 Å². The average molecular weight is 476 g/mol. The smallest absolute Gasteiger partial charge is 0.262 e. The minimum absolute atomic E-state index is 0.192. The molecule has 34 heavy (non-hydrogen) atoms. The Morgan fingerprint density at radius 3 is 2.47 bits per heavy atom. The number of carbonyl (C=O) groups excluding carboxylic acids is 1. The predicted molar refractivity (Wildman–Crippen MR) is 135 cm³/mol. The Morgan fingerprint density at radius 2 is 1.74 bits per heavy atom. The Kier molecular flexibility index (Phi) is 7.08. The second kappa shape index (κ2) is 10.4. The molecule has 1 amide bonds. The molecule has 0 aliphatic heterocycles. The van der Waals surface area contributed by atoms with Gasteiger partial charge in [0.2, 0.25) is 0 Å². The van der Waals surface area contributed by atoms with E-state index < -0.39 is 0 Å². The number of H-pyrrole nitrogens is 1. The third-order valence-corrected chi connectivity index (χ3v) is 5.90. The Bertz CT molecular complexity index is 1440. The van der Waals surface area contributed by atoms with Crippen LogP contribution in [-0.4, -0.2) is 36.2 Å². The summed E-state index contributed by atoms with van der Waals surface area (Å²) in [6, 6.07) is 20.3. The summed E-state index contributed by atoms with van der Waals surface area (Å²) >= 11 is 5.43. The molecule has 0 aliphatic rings. The highest BCUT2D eigenvalue weighted by atomic mass is 32.1. The maximum atomic E-state index is 13.0. The molecule has 1 aromatic heterocycles. The summed E-state index contributed by atoms with van der Waals surface area (Å²) < 4.78 is 12.4. The van der Waals surface area contributed by atoms with Crippen molar-refractivity contribution >= 4 is 29.0 Å². The molecule has 2 N–H and O–H groups in total. The first-order valence-corrected chi connectivity index (χ1v) is 11.2. The van der Waals surface area contributed by atoms with Gasteiger partial charge in [0.05, 0.1) is 31.7 Å². The third kappa shape index (κ3) is 5.02. The van der Waals surface area contributed by atoms with E-state index in [1.807, 2.05) is 48.5 Å². The van der Waals surface area contributed by atoms with E-state index in [0.717, 1.165) is 11.1 Å². The molecular formula is C26H25N3O4S. The number of rotatable bonds is 8. The summed E-state index contributed by atoms with van der Waals surface area (Å²) in [5.41, 5.74) is 2.79. The standard InChI is InChI=1S/C26H25N3O4S/c1-32-22-11-8-17(14-23(22)33-2)12-13-27-24(30)19-9-10-20-21(15-19)28-26(34)29(25(20)31)16-18-6-4-3-5-7-18/h3-11,14-15H,12-13,16H2,1-2H3,(H,27,30)(H,28,34). The Hall–Kier alpha value is -3.91. The van der Waals surface area contributed by atoms with Crippen molar-refractivity contribution in [3.05, 3.63) is 98.5 Å². The topological polar surface area (TPSA) is 85.4 Å². The van der Waals surface area contributed by atoms with Gasteiger partial charge in [0.25, 0.3) is 11.5 Å². The summed E-state index contributed by atoms with van der Waals surface area (Å²) in [6.45, 7) is 0.824. The number of hydrogen-bond acceptors (Lipinski definition) is 5. The predicted octanol–water partition coefficient (Wildman–Crippen LogP) is 4.10. The van der Waals surface area contributed by atoms with Crippen molar-refractivity contribution in [1.29, 1.82) is 0 Å². The van der Waals surface area contributed by atoms with Gasteiger partial charge in [-0.2, -0.15) is 0 Å². The van der Waals surface area contributed by atoms with Crippen LogP contribution in [-0.2, 0) is 13.0 Å². The van der Waals surface area contributed by atoms with Crippen molar-refractivity contribution in [2.45, 2.75) is 13.0 Å². The third-order valence-electron chi connectivity index (χ3n) is 5.57. The molecule has 0 fully saturated rings. The van der Waals surface area contributed by atoms with Crippen LogP contribution in [0.3, 0.4) is 0 Å². The van der Waals surface area contributed by atoms with Crippen molar-refractivity contribution in [3.63, 3.8) is 0 Å². The van der Waals surface area contributed by atoms with Crippen molar-refractivity contribution < 1.29 is 14.3 Å². The minimum Gasteiger partial charge on any atom is -0.493 e. The van der Waals surface area contributed by atoms with Gasteiger partial charge in [0, 0.05) is 12.1 Å². The largest absolute Gasteiger partial charge is 0.493 e. The van der Waals surface area contributed by atoms with Gasteiger partial charge in [0.15, 0.2) is 16.3 Å². The van der Waals surface area contributed by atoms with Gasteiger partial charge in [-0.05, 0) is 60.1 Å². The minimum atomic E-state index is -0.227. The fourth-order valence-electron chi connectivity index (χ4n) is 3.76.